The second-order valence-electron chi connectivity index (χ2n) is 5.12. The van der Waals surface area contributed by atoms with Gasteiger partial charge in [0, 0.05) is 28.5 Å². The van der Waals surface area contributed by atoms with Crippen LogP contribution in [0.5, 0.6) is 11.5 Å². The normalized spacial score (nSPS) is 11.8. The first-order chi connectivity index (χ1) is 9.65. The van der Waals surface area contributed by atoms with E-state index in [-0.39, 0.29) is 28.6 Å². The van der Waals surface area contributed by atoms with Gasteiger partial charge in [-0.1, -0.05) is 24.3 Å². The number of ether oxygens (including phenoxy) is 2. The summed E-state index contributed by atoms with van der Waals surface area (Å²) in [5.41, 5.74) is 2.58. The maximum absolute atomic E-state index is 12.2. The van der Waals surface area contributed by atoms with E-state index in [0.717, 1.165) is 22.6 Å². The van der Waals surface area contributed by atoms with Crippen LogP contribution in [0.1, 0.15) is 35.3 Å². The molecule has 0 N–H and O–H groups in total. The number of fused-ring (bicyclic) bond motifs is 2. The van der Waals surface area contributed by atoms with Gasteiger partial charge in [-0.15, -0.1) is 0 Å². The Bertz CT molecular complexity index is 665. The zero-order valence-corrected chi connectivity index (χ0v) is 12.9. The van der Waals surface area contributed by atoms with Crippen molar-refractivity contribution in [1.82, 2.24) is 0 Å². The second-order valence-corrected chi connectivity index (χ2v) is 5.12. The summed E-state index contributed by atoms with van der Waals surface area (Å²) in [5.74, 6) is 1.30. The minimum atomic E-state index is -0.292. The molecule has 0 aliphatic carbocycles. The third-order valence-electron chi connectivity index (χ3n) is 3.26. The van der Waals surface area contributed by atoms with Crippen LogP contribution in [-0.4, -0.2) is 12.1 Å². The van der Waals surface area contributed by atoms with Gasteiger partial charge in [0.1, 0.15) is 11.5 Å². The van der Waals surface area contributed by atoms with Gasteiger partial charge in [0.05, 0.1) is 11.7 Å². The van der Waals surface area contributed by atoms with E-state index >= 15 is 0 Å². The molecular formula is C17H16NiO3. The van der Waals surface area contributed by atoms with Crippen molar-refractivity contribution in [2.24, 2.45) is 0 Å². The Morgan fingerprint density at radius 2 is 1.81 bits per heavy atom. The van der Waals surface area contributed by atoms with Crippen LogP contribution in [0.15, 0.2) is 42.5 Å². The van der Waals surface area contributed by atoms with Crippen molar-refractivity contribution in [2.45, 2.75) is 26.4 Å². The van der Waals surface area contributed by atoms with Crippen LogP contribution >= 0.6 is 0 Å². The molecule has 2 aromatic carbocycles. The maximum Gasteiger partial charge on any atom is 0.338 e. The molecule has 0 saturated heterocycles. The van der Waals surface area contributed by atoms with Gasteiger partial charge in [-0.05, 0) is 37.6 Å². The molecule has 4 heteroatoms. The fraction of sp³-hybridized carbons (Fsp3) is 0.235. The first-order valence-corrected chi connectivity index (χ1v) is 6.74. The average Bonchev–Trinajstić information content (AvgIpc) is 2.43. The molecule has 1 aliphatic rings. The van der Waals surface area contributed by atoms with Crippen molar-refractivity contribution in [1.29, 1.82) is 0 Å². The quantitative estimate of drug-likeness (QED) is 0.528. The molecule has 0 saturated carbocycles. The molecule has 2 aromatic rings. The van der Waals surface area contributed by atoms with E-state index in [1.54, 1.807) is 6.07 Å². The van der Waals surface area contributed by atoms with Crippen LogP contribution in [0.2, 0.25) is 0 Å². The maximum atomic E-state index is 12.2. The Labute approximate surface area is 134 Å². The SMILES string of the molecule is CC(C)OC(=O)c1cccc2c1Cc1ccccc1O2.[Ni]. The number of benzene rings is 2. The smallest absolute Gasteiger partial charge is 0.338 e. The van der Waals surface area contributed by atoms with Gasteiger partial charge < -0.3 is 9.47 Å². The monoisotopic (exact) mass is 326 g/mol. The van der Waals surface area contributed by atoms with Crippen LogP contribution < -0.4 is 4.74 Å². The third kappa shape index (κ3) is 3.11. The molecule has 0 unspecified atom stereocenters. The summed E-state index contributed by atoms with van der Waals surface area (Å²) < 4.78 is 11.2. The van der Waals surface area contributed by atoms with E-state index in [9.17, 15) is 4.79 Å². The Morgan fingerprint density at radius 3 is 2.57 bits per heavy atom. The van der Waals surface area contributed by atoms with Crippen molar-refractivity contribution in [3.63, 3.8) is 0 Å². The second kappa shape index (κ2) is 6.32. The van der Waals surface area contributed by atoms with Gasteiger partial charge in [-0.3, -0.25) is 0 Å². The van der Waals surface area contributed by atoms with Crippen LogP contribution in [0, 0.1) is 0 Å². The van der Waals surface area contributed by atoms with Gasteiger partial charge in [0.25, 0.3) is 0 Å². The van der Waals surface area contributed by atoms with E-state index < -0.39 is 0 Å². The van der Waals surface area contributed by atoms with Gasteiger partial charge in [0.15, 0.2) is 0 Å². The van der Waals surface area contributed by atoms with E-state index in [4.69, 9.17) is 9.47 Å². The van der Waals surface area contributed by atoms with Crippen molar-refractivity contribution in [3.05, 3.63) is 59.2 Å². The fourth-order valence-corrected chi connectivity index (χ4v) is 2.37. The molecule has 3 nitrogen and oxygen atoms in total. The van der Waals surface area contributed by atoms with Crippen LogP contribution in [0.4, 0.5) is 0 Å². The van der Waals surface area contributed by atoms with E-state index in [1.165, 1.54) is 0 Å². The Morgan fingerprint density at radius 1 is 1.10 bits per heavy atom. The number of carbonyl (C=O) groups is 1. The summed E-state index contributed by atoms with van der Waals surface area (Å²) in [6.45, 7) is 3.69. The molecule has 1 heterocycles. The molecular weight excluding hydrogens is 311 g/mol. The summed E-state index contributed by atoms with van der Waals surface area (Å²) in [6.07, 6.45) is 0.560. The molecule has 0 amide bonds. The van der Waals surface area contributed by atoms with E-state index in [0.29, 0.717) is 12.0 Å². The summed E-state index contributed by atoms with van der Waals surface area (Å²) >= 11 is 0. The molecule has 21 heavy (non-hydrogen) atoms. The number of para-hydroxylation sites is 1. The predicted molar refractivity (Wildman–Crippen MR) is 76.3 cm³/mol. The average molecular weight is 327 g/mol. The number of esters is 1. The molecule has 0 bridgehead atoms. The summed E-state index contributed by atoms with van der Waals surface area (Å²) in [6, 6.07) is 13.4. The van der Waals surface area contributed by atoms with Crippen LogP contribution in [0.25, 0.3) is 0 Å². The largest absolute Gasteiger partial charge is 0.459 e. The van der Waals surface area contributed by atoms with Gasteiger partial charge in [-0.25, -0.2) is 4.79 Å². The molecule has 3 rings (SSSR count). The summed E-state index contributed by atoms with van der Waals surface area (Å²) in [4.78, 5) is 12.2. The molecule has 1 aliphatic heterocycles. The topological polar surface area (TPSA) is 35.5 Å². The summed E-state index contributed by atoms with van der Waals surface area (Å²) in [7, 11) is 0. The molecule has 0 radical (unpaired) electrons. The molecule has 0 atom stereocenters. The zero-order valence-electron chi connectivity index (χ0n) is 11.9. The minimum Gasteiger partial charge on any atom is -0.459 e. The predicted octanol–water partition coefficient (Wildman–Crippen LogP) is 3.95. The van der Waals surface area contributed by atoms with Crippen molar-refractivity contribution >= 4 is 5.97 Å². The minimum absolute atomic E-state index is 0. The Kier molecular flexibility index (Phi) is 4.69. The first kappa shape index (κ1) is 15.6. The standard InChI is InChI=1S/C17H16O3.Ni/c1-11(2)19-17(18)13-7-5-9-16-14(13)10-12-6-3-4-8-15(12)20-16;/h3-9,11H,10H2,1-2H3;. The Hall–Kier alpha value is -1.80. The zero-order chi connectivity index (χ0) is 14.1. The van der Waals surface area contributed by atoms with Crippen molar-refractivity contribution in [3.8, 4) is 11.5 Å². The fourth-order valence-electron chi connectivity index (χ4n) is 2.37. The van der Waals surface area contributed by atoms with Crippen LogP contribution in [0.3, 0.4) is 0 Å². The van der Waals surface area contributed by atoms with E-state index in [2.05, 4.69) is 0 Å². The van der Waals surface area contributed by atoms with Crippen molar-refractivity contribution < 1.29 is 30.8 Å². The van der Waals surface area contributed by atoms with Crippen LogP contribution in [-0.2, 0) is 27.6 Å². The van der Waals surface area contributed by atoms with Crippen molar-refractivity contribution in [2.75, 3.05) is 0 Å². The third-order valence-corrected chi connectivity index (χ3v) is 3.26. The molecule has 112 valence electrons. The van der Waals surface area contributed by atoms with Gasteiger partial charge in [0.2, 0.25) is 0 Å². The Balaban J connectivity index is 0.00000161. The number of hydrogen-bond acceptors (Lipinski definition) is 3. The number of rotatable bonds is 2. The molecule has 0 aromatic heterocycles. The van der Waals surface area contributed by atoms with Gasteiger partial charge in [-0.2, -0.15) is 0 Å². The first-order valence-electron chi connectivity index (χ1n) is 6.74. The number of carbonyl (C=O) groups excluding carboxylic acids is 1. The molecule has 0 fully saturated rings. The van der Waals surface area contributed by atoms with Gasteiger partial charge >= 0.3 is 5.97 Å². The van der Waals surface area contributed by atoms with E-state index in [1.807, 2.05) is 50.2 Å². The molecule has 0 spiro atoms. The summed E-state index contributed by atoms with van der Waals surface area (Å²) in [5, 5.41) is 0. The number of hydrogen-bond donors (Lipinski definition) is 0.